The molecule has 0 fully saturated rings. The zero-order valence-electron chi connectivity index (χ0n) is 9.92. The number of rotatable bonds is 5. The smallest absolute Gasteiger partial charge is 0.0389 e. The van der Waals surface area contributed by atoms with Gasteiger partial charge in [-0.2, -0.15) is 11.8 Å². The van der Waals surface area contributed by atoms with Gasteiger partial charge in [0.25, 0.3) is 0 Å². The second-order valence-corrected chi connectivity index (χ2v) is 5.12. The summed E-state index contributed by atoms with van der Waals surface area (Å²) in [5.41, 5.74) is 10.2. The molecular formula is C13H21NS. The highest BCUT2D eigenvalue weighted by Gasteiger charge is 2.09. The third-order valence-corrected chi connectivity index (χ3v) is 3.98. The molecule has 15 heavy (non-hydrogen) atoms. The molecule has 1 unspecified atom stereocenters. The van der Waals surface area contributed by atoms with Crippen molar-refractivity contribution in [2.24, 2.45) is 5.73 Å². The van der Waals surface area contributed by atoms with Crippen molar-refractivity contribution in [2.75, 3.05) is 11.5 Å². The van der Waals surface area contributed by atoms with Crippen molar-refractivity contribution in [1.29, 1.82) is 0 Å². The SMILES string of the molecule is CCCSCC(N)c1cccc(C)c1C. The van der Waals surface area contributed by atoms with Crippen molar-refractivity contribution in [2.45, 2.75) is 33.2 Å². The van der Waals surface area contributed by atoms with Gasteiger partial charge < -0.3 is 5.73 Å². The van der Waals surface area contributed by atoms with Crippen LogP contribution in [0.25, 0.3) is 0 Å². The standard InChI is InChI=1S/C13H21NS/c1-4-8-15-9-13(14)12-7-5-6-10(2)11(12)3/h5-7,13H,4,8-9,14H2,1-3H3. The maximum absolute atomic E-state index is 6.18. The summed E-state index contributed by atoms with van der Waals surface area (Å²) in [4.78, 5) is 0. The summed E-state index contributed by atoms with van der Waals surface area (Å²) in [7, 11) is 0. The van der Waals surface area contributed by atoms with Gasteiger partial charge in [0, 0.05) is 11.8 Å². The minimum atomic E-state index is 0.182. The van der Waals surface area contributed by atoms with E-state index in [0.717, 1.165) is 5.75 Å². The van der Waals surface area contributed by atoms with Crippen LogP contribution in [0.1, 0.15) is 36.1 Å². The van der Waals surface area contributed by atoms with Crippen LogP contribution < -0.4 is 5.73 Å². The second kappa shape index (κ2) is 6.19. The highest BCUT2D eigenvalue weighted by atomic mass is 32.2. The Hall–Kier alpha value is -0.470. The van der Waals surface area contributed by atoms with Crippen molar-refractivity contribution in [3.05, 3.63) is 34.9 Å². The molecule has 1 rings (SSSR count). The van der Waals surface area contributed by atoms with Crippen LogP contribution >= 0.6 is 11.8 Å². The molecule has 0 amide bonds. The first-order valence-electron chi connectivity index (χ1n) is 5.56. The molecule has 0 spiro atoms. The molecule has 1 aromatic rings. The number of hydrogen-bond donors (Lipinski definition) is 1. The Bertz CT molecular complexity index is 309. The van der Waals surface area contributed by atoms with Gasteiger partial charge in [-0.1, -0.05) is 25.1 Å². The summed E-state index contributed by atoms with van der Waals surface area (Å²) in [6, 6.07) is 6.58. The zero-order valence-corrected chi connectivity index (χ0v) is 10.7. The molecule has 0 radical (unpaired) electrons. The van der Waals surface area contributed by atoms with Crippen LogP contribution in [0.15, 0.2) is 18.2 Å². The van der Waals surface area contributed by atoms with Gasteiger partial charge in [-0.25, -0.2) is 0 Å². The topological polar surface area (TPSA) is 26.0 Å². The molecule has 0 aromatic heterocycles. The molecule has 0 aliphatic heterocycles. The molecule has 0 aliphatic rings. The quantitative estimate of drug-likeness (QED) is 0.774. The lowest BCUT2D eigenvalue weighted by Gasteiger charge is -2.15. The van der Waals surface area contributed by atoms with Crippen molar-refractivity contribution in [3.63, 3.8) is 0 Å². The van der Waals surface area contributed by atoms with E-state index in [1.807, 2.05) is 11.8 Å². The Morgan fingerprint density at radius 1 is 1.33 bits per heavy atom. The predicted octanol–water partition coefficient (Wildman–Crippen LogP) is 3.45. The van der Waals surface area contributed by atoms with Crippen molar-refractivity contribution >= 4 is 11.8 Å². The monoisotopic (exact) mass is 223 g/mol. The zero-order chi connectivity index (χ0) is 11.3. The second-order valence-electron chi connectivity index (χ2n) is 3.97. The Morgan fingerprint density at radius 2 is 2.07 bits per heavy atom. The Kier molecular flexibility index (Phi) is 5.20. The average Bonchev–Trinajstić information content (AvgIpc) is 2.22. The van der Waals surface area contributed by atoms with E-state index in [-0.39, 0.29) is 6.04 Å². The summed E-state index contributed by atoms with van der Waals surface area (Å²) in [5, 5.41) is 0. The van der Waals surface area contributed by atoms with E-state index in [2.05, 4.69) is 39.0 Å². The summed E-state index contributed by atoms with van der Waals surface area (Å²) in [5.74, 6) is 2.23. The van der Waals surface area contributed by atoms with E-state index < -0.39 is 0 Å². The van der Waals surface area contributed by atoms with Gasteiger partial charge in [0.15, 0.2) is 0 Å². The van der Waals surface area contributed by atoms with Crippen LogP contribution in [-0.2, 0) is 0 Å². The van der Waals surface area contributed by atoms with E-state index in [1.54, 1.807) is 0 Å². The lowest BCUT2D eigenvalue weighted by molar-refractivity contribution is 0.819. The number of nitrogens with two attached hydrogens (primary N) is 1. The van der Waals surface area contributed by atoms with Crippen LogP contribution in [-0.4, -0.2) is 11.5 Å². The van der Waals surface area contributed by atoms with Crippen LogP contribution in [0.2, 0.25) is 0 Å². The van der Waals surface area contributed by atoms with Crippen LogP contribution in [0, 0.1) is 13.8 Å². The fourth-order valence-corrected chi connectivity index (χ4v) is 2.51. The Morgan fingerprint density at radius 3 is 2.73 bits per heavy atom. The molecule has 2 heteroatoms. The van der Waals surface area contributed by atoms with Gasteiger partial charge in [0.05, 0.1) is 0 Å². The van der Waals surface area contributed by atoms with Gasteiger partial charge in [-0.3, -0.25) is 0 Å². The van der Waals surface area contributed by atoms with E-state index in [0.29, 0.717) is 0 Å². The molecule has 1 atom stereocenters. The Labute approximate surface area is 97.4 Å². The summed E-state index contributed by atoms with van der Waals surface area (Å²) in [6.45, 7) is 6.51. The largest absolute Gasteiger partial charge is 0.323 e. The summed E-state index contributed by atoms with van der Waals surface area (Å²) in [6.07, 6.45) is 1.23. The van der Waals surface area contributed by atoms with Crippen LogP contribution in [0.5, 0.6) is 0 Å². The minimum Gasteiger partial charge on any atom is -0.323 e. The molecular weight excluding hydrogens is 202 g/mol. The first-order valence-corrected chi connectivity index (χ1v) is 6.71. The molecule has 0 saturated carbocycles. The molecule has 0 heterocycles. The Balaban J connectivity index is 2.65. The van der Waals surface area contributed by atoms with E-state index in [4.69, 9.17) is 5.73 Å². The first-order chi connectivity index (χ1) is 7.16. The van der Waals surface area contributed by atoms with E-state index in [1.165, 1.54) is 28.9 Å². The van der Waals surface area contributed by atoms with Crippen LogP contribution in [0.4, 0.5) is 0 Å². The van der Waals surface area contributed by atoms with Gasteiger partial charge >= 0.3 is 0 Å². The van der Waals surface area contributed by atoms with Crippen molar-refractivity contribution in [1.82, 2.24) is 0 Å². The molecule has 1 nitrogen and oxygen atoms in total. The molecule has 2 N–H and O–H groups in total. The van der Waals surface area contributed by atoms with Gasteiger partial charge in [-0.05, 0) is 42.7 Å². The lowest BCUT2D eigenvalue weighted by Crippen LogP contribution is -2.15. The highest BCUT2D eigenvalue weighted by molar-refractivity contribution is 7.99. The number of thioether (sulfide) groups is 1. The number of benzene rings is 1. The van der Waals surface area contributed by atoms with Crippen molar-refractivity contribution < 1.29 is 0 Å². The summed E-state index contributed by atoms with van der Waals surface area (Å²) >= 11 is 1.95. The van der Waals surface area contributed by atoms with E-state index in [9.17, 15) is 0 Å². The van der Waals surface area contributed by atoms with Crippen molar-refractivity contribution in [3.8, 4) is 0 Å². The fourth-order valence-electron chi connectivity index (χ4n) is 1.62. The molecule has 0 bridgehead atoms. The average molecular weight is 223 g/mol. The third-order valence-electron chi connectivity index (χ3n) is 2.69. The lowest BCUT2D eigenvalue weighted by atomic mass is 9.99. The maximum atomic E-state index is 6.18. The molecule has 84 valence electrons. The molecule has 0 aliphatic carbocycles. The van der Waals surface area contributed by atoms with Gasteiger partial charge in [0.1, 0.15) is 0 Å². The van der Waals surface area contributed by atoms with Gasteiger partial charge in [-0.15, -0.1) is 0 Å². The predicted molar refractivity (Wildman–Crippen MR) is 70.5 cm³/mol. The number of hydrogen-bond acceptors (Lipinski definition) is 2. The van der Waals surface area contributed by atoms with Gasteiger partial charge in [0.2, 0.25) is 0 Å². The van der Waals surface area contributed by atoms with E-state index >= 15 is 0 Å². The number of aryl methyl sites for hydroxylation is 1. The minimum absolute atomic E-state index is 0.182. The molecule has 0 saturated heterocycles. The fraction of sp³-hybridized carbons (Fsp3) is 0.538. The highest BCUT2D eigenvalue weighted by Crippen LogP contribution is 2.21. The molecule has 1 aromatic carbocycles. The first kappa shape index (κ1) is 12.6. The third kappa shape index (κ3) is 3.54. The maximum Gasteiger partial charge on any atom is 0.0389 e. The normalized spacial score (nSPS) is 12.8. The van der Waals surface area contributed by atoms with Crippen LogP contribution in [0.3, 0.4) is 0 Å². The summed E-state index contributed by atoms with van der Waals surface area (Å²) < 4.78 is 0.